The van der Waals surface area contributed by atoms with Gasteiger partial charge in [0.05, 0.1) is 11.5 Å². The maximum Gasteiger partial charge on any atom is 0.231 e. The maximum atomic E-state index is 13.3. The van der Waals surface area contributed by atoms with E-state index in [4.69, 9.17) is 9.47 Å². The van der Waals surface area contributed by atoms with Crippen molar-refractivity contribution in [3.8, 4) is 5.75 Å². The van der Waals surface area contributed by atoms with E-state index in [0.717, 1.165) is 29.7 Å². The monoisotopic (exact) mass is 393 g/mol. The lowest BCUT2D eigenvalue weighted by Gasteiger charge is -2.36. The van der Waals surface area contributed by atoms with Gasteiger partial charge in [-0.1, -0.05) is 48.9 Å². The van der Waals surface area contributed by atoms with Gasteiger partial charge in [0.15, 0.2) is 0 Å². The number of rotatable bonds is 6. The van der Waals surface area contributed by atoms with Gasteiger partial charge in [0.25, 0.3) is 0 Å². The number of hydrogen-bond acceptors (Lipinski definition) is 3. The van der Waals surface area contributed by atoms with Crippen LogP contribution in [-0.4, -0.2) is 25.2 Å². The van der Waals surface area contributed by atoms with Crippen molar-refractivity contribution in [2.24, 2.45) is 0 Å². The second-order valence-electron chi connectivity index (χ2n) is 8.27. The summed E-state index contributed by atoms with van der Waals surface area (Å²) in [6.07, 6.45) is 7.88. The van der Waals surface area contributed by atoms with E-state index in [1.807, 2.05) is 36.4 Å². The van der Waals surface area contributed by atoms with Crippen LogP contribution >= 0.6 is 0 Å². The topological polar surface area (TPSA) is 47.6 Å². The van der Waals surface area contributed by atoms with Crippen molar-refractivity contribution in [3.63, 3.8) is 0 Å². The van der Waals surface area contributed by atoms with Crippen LogP contribution in [0.25, 0.3) is 0 Å². The van der Waals surface area contributed by atoms with Crippen LogP contribution in [0.3, 0.4) is 0 Å². The Bertz CT molecular complexity index is 793. The van der Waals surface area contributed by atoms with Crippen molar-refractivity contribution >= 4 is 5.91 Å². The van der Waals surface area contributed by atoms with Crippen molar-refractivity contribution in [1.82, 2.24) is 5.32 Å². The Labute approximate surface area is 173 Å². The van der Waals surface area contributed by atoms with E-state index in [1.54, 1.807) is 0 Å². The molecule has 1 amide bonds. The first-order valence-electron chi connectivity index (χ1n) is 10.9. The Morgan fingerprint density at radius 2 is 1.76 bits per heavy atom. The van der Waals surface area contributed by atoms with Gasteiger partial charge in [-0.3, -0.25) is 4.79 Å². The largest absolute Gasteiger partial charge is 0.490 e. The van der Waals surface area contributed by atoms with Crippen molar-refractivity contribution in [3.05, 3.63) is 65.7 Å². The summed E-state index contributed by atoms with van der Waals surface area (Å²) in [7, 11) is 0. The number of carbonyl (C=O) groups excluding carboxylic acids is 1. The third kappa shape index (κ3) is 4.81. The Kier molecular flexibility index (Phi) is 6.50. The molecule has 1 aliphatic carbocycles. The van der Waals surface area contributed by atoms with Crippen LogP contribution in [0.1, 0.15) is 56.1 Å². The zero-order valence-corrected chi connectivity index (χ0v) is 17.1. The van der Waals surface area contributed by atoms with Crippen LogP contribution in [0, 0.1) is 0 Å². The molecule has 1 saturated carbocycles. The average molecular weight is 394 g/mol. The number of amides is 1. The van der Waals surface area contributed by atoms with Crippen molar-refractivity contribution < 1.29 is 14.3 Å². The van der Waals surface area contributed by atoms with E-state index in [2.05, 4.69) is 23.5 Å². The highest BCUT2D eigenvalue weighted by molar-refractivity contribution is 5.88. The van der Waals surface area contributed by atoms with E-state index in [9.17, 15) is 4.79 Å². The molecule has 4 nitrogen and oxygen atoms in total. The van der Waals surface area contributed by atoms with Crippen molar-refractivity contribution in [1.29, 1.82) is 0 Å². The number of carbonyl (C=O) groups is 1. The minimum Gasteiger partial charge on any atom is -0.490 e. The Morgan fingerprint density at radius 3 is 2.52 bits per heavy atom. The summed E-state index contributed by atoms with van der Waals surface area (Å²) in [6, 6.07) is 18.3. The Hall–Kier alpha value is -2.33. The van der Waals surface area contributed by atoms with E-state index in [-0.39, 0.29) is 5.91 Å². The van der Waals surface area contributed by atoms with Crippen LogP contribution in [0.2, 0.25) is 0 Å². The first-order chi connectivity index (χ1) is 14.3. The molecule has 0 radical (unpaired) electrons. The fourth-order valence-corrected chi connectivity index (χ4v) is 4.58. The SMILES string of the molecule is O=C(NCc1cccc(OC2CCCCC2)c1)C1(c2ccccc2)CCOCC1. The van der Waals surface area contributed by atoms with Crippen LogP contribution in [-0.2, 0) is 21.5 Å². The molecule has 0 bridgehead atoms. The van der Waals surface area contributed by atoms with Gasteiger partial charge in [-0.15, -0.1) is 0 Å². The summed E-state index contributed by atoms with van der Waals surface area (Å²) in [4.78, 5) is 13.3. The van der Waals surface area contributed by atoms with Crippen molar-refractivity contribution in [2.45, 2.75) is 63.0 Å². The number of hydrogen-bond donors (Lipinski definition) is 1. The molecule has 0 spiro atoms. The van der Waals surface area contributed by atoms with Crippen LogP contribution in [0.5, 0.6) is 5.75 Å². The fourth-order valence-electron chi connectivity index (χ4n) is 4.58. The lowest BCUT2D eigenvalue weighted by molar-refractivity contribution is -0.130. The lowest BCUT2D eigenvalue weighted by atomic mass is 9.73. The Balaban J connectivity index is 1.42. The molecule has 1 N–H and O–H groups in total. The zero-order chi connectivity index (χ0) is 19.9. The summed E-state index contributed by atoms with van der Waals surface area (Å²) in [5, 5.41) is 3.19. The molecule has 1 aliphatic heterocycles. The molecule has 1 heterocycles. The molecule has 0 aromatic heterocycles. The molecule has 4 heteroatoms. The van der Waals surface area contributed by atoms with Gasteiger partial charge >= 0.3 is 0 Å². The van der Waals surface area contributed by atoms with Crippen molar-refractivity contribution in [2.75, 3.05) is 13.2 Å². The third-order valence-corrected chi connectivity index (χ3v) is 6.31. The van der Waals surface area contributed by atoms with E-state index >= 15 is 0 Å². The molecule has 2 aromatic rings. The van der Waals surface area contributed by atoms with E-state index in [0.29, 0.717) is 38.7 Å². The highest BCUT2D eigenvalue weighted by Gasteiger charge is 2.41. The molecule has 154 valence electrons. The van der Waals surface area contributed by atoms with Gasteiger partial charge in [0.1, 0.15) is 5.75 Å². The minimum absolute atomic E-state index is 0.0885. The Morgan fingerprint density at radius 1 is 1.00 bits per heavy atom. The fraction of sp³-hybridized carbons (Fsp3) is 0.480. The number of nitrogens with one attached hydrogen (secondary N) is 1. The molecular weight excluding hydrogens is 362 g/mol. The lowest BCUT2D eigenvalue weighted by Crippen LogP contribution is -2.47. The zero-order valence-electron chi connectivity index (χ0n) is 17.1. The molecule has 0 unspecified atom stereocenters. The summed E-state index contributed by atoms with van der Waals surface area (Å²) < 4.78 is 11.7. The molecule has 4 rings (SSSR count). The van der Waals surface area contributed by atoms with Crippen LogP contribution in [0.4, 0.5) is 0 Å². The smallest absolute Gasteiger partial charge is 0.231 e. The maximum absolute atomic E-state index is 13.3. The first kappa shape index (κ1) is 20.0. The summed E-state index contributed by atoms with van der Waals surface area (Å²) in [5.41, 5.74) is 1.65. The van der Waals surface area contributed by atoms with E-state index in [1.165, 1.54) is 19.3 Å². The predicted molar refractivity (Wildman–Crippen MR) is 114 cm³/mol. The van der Waals surface area contributed by atoms with Gasteiger partial charge in [0, 0.05) is 19.8 Å². The van der Waals surface area contributed by atoms with Crippen LogP contribution < -0.4 is 10.1 Å². The summed E-state index contributed by atoms with van der Waals surface area (Å²) in [6.45, 7) is 1.75. The summed E-state index contributed by atoms with van der Waals surface area (Å²) >= 11 is 0. The molecule has 1 saturated heterocycles. The molecule has 0 atom stereocenters. The first-order valence-corrected chi connectivity index (χ1v) is 10.9. The number of ether oxygens (including phenoxy) is 2. The van der Waals surface area contributed by atoms with Crippen LogP contribution in [0.15, 0.2) is 54.6 Å². The minimum atomic E-state index is -0.504. The molecule has 2 fully saturated rings. The second kappa shape index (κ2) is 9.45. The quantitative estimate of drug-likeness (QED) is 0.769. The summed E-state index contributed by atoms with van der Waals surface area (Å²) in [5.74, 6) is 0.998. The third-order valence-electron chi connectivity index (χ3n) is 6.31. The average Bonchev–Trinajstić information content (AvgIpc) is 2.79. The highest BCUT2D eigenvalue weighted by Crippen LogP contribution is 2.35. The highest BCUT2D eigenvalue weighted by atomic mass is 16.5. The molecule has 2 aromatic carbocycles. The molecule has 2 aliphatic rings. The molecular formula is C25H31NO3. The second-order valence-corrected chi connectivity index (χ2v) is 8.27. The number of benzene rings is 2. The van der Waals surface area contributed by atoms with Gasteiger partial charge in [-0.05, 0) is 61.8 Å². The predicted octanol–water partition coefficient (Wildman–Crippen LogP) is 4.76. The molecule has 29 heavy (non-hydrogen) atoms. The normalized spacial score (nSPS) is 19.4. The van der Waals surface area contributed by atoms with E-state index < -0.39 is 5.41 Å². The van der Waals surface area contributed by atoms with Gasteiger partial charge in [0.2, 0.25) is 5.91 Å². The van der Waals surface area contributed by atoms with Gasteiger partial charge in [-0.2, -0.15) is 0 Å². The van der Waals surface area contributed by atoms with Gasteiger partial charge in [-0.25, -0.2) is 0 Å². The van der Waals surface area contributed by atoms with Gasteiger partial charge < -0.3 is 14.8 Å². The standard InChI is InChI=1S/C25H31NO3/c27-24(25(14-16-28-17-15-25)21-9-3-1-4-10-21)26-19-20-8-7-13-23(18-20)29-22-11-5-2-6-12-22/h1,3-4,7-10,13,18,22H,2,5-6,11-12,14-17,19H2,(H,26,27).